The second kappa shape index (κ2) is 12.7. The summed E-state index contributed by atoms with van der Waals surface area (Å²) in [5.41, 5.74) is 0.582. The molecular formula is C28H41F3. The van der Waals surface area contributed by atoms with E-state index in [0.717, 1.165) is 42.7 Å². The summed E-state index contributed by atoms with van der Waals surface area (Å²) >= 11 is 0. The number of aryl methyl sites for hydroxylation is 1. The Morgan fingerprint density at radius 2 is 1.29 bits per heavy atom. The molecule has 0 spiro atoms. The van der Waals surface area contributed by atoms with Gasteiger partial charge in [-0.05, 0) is 99.2 Å². The molecule has 0 aromatic heterocycles. The third kappa shape index (κ3) is 7.68. The van der Waals surface area contributed by atoms with Crippen molar-refractivity contribution in [2.75, 3.05) is 0 Å². The van der Waals surface area contributed by atoms with E-state index in [0.29, 0.717) is 17.9 Å². The highest BCUT2D eigenvalue weighted by atomic mass is 19.2. The number of rotatable bonds is 10. The predicted octanol–water partition coefficient (Wildman–Crippen LogP) is 9.18. The fourth-order valence-electron chi connectivity index (χ4n) is 6.00. The van der Waals surface area contributed by atoms with Gasteiger partial charge in [0.15, 0.2) is 17.5 Å². The summed E-state index contributed by atoms with van der Waals surface area (Å²) in [6.07, 6.45) is 23.6. The molecule has 2 saturated carbocycles. The second-order valence-electron chi connectivity index (χ2n) is 10.1. The highest BCUT2D eigenvalue weighted by molar-refractivity contribution is 5.19. The maximum absolute atomic E-state index is 13.4. The van der Waals surface area contributed by atoms with Crippen LogP contribution in [0, 0.1) is 41.1 Å². The van der Waals surface area contributed by atoms with Crippen LogP contribution in [0.15, 0.2) is 24.3 Å². The number of hydrogen-bond acceptors (Lipinski definition) is 0. The van der Waals surface area contributed by atoms with Crippen molar-refractivity contribution in [2.24, 2.45) is 23.7 Å². The van der Waals surface area contributed by atoms with Crippen LogP contribution < -0.4 is 0 Å². The van der Waals surface area contributed by atoms with Crippen LogP contribution in [-0.2, 0) is 6.42 Å². The highest BCUT2D eigenvalue weighted by Gasteiger charge is 2.30. The topological polar surface area (TPSA) is 0 Å². The fourth-order valence-corrected chi connectivity index (χ4v) is 6.00. The molecule has 3 rings (SSSR count). The van der Waals surface area contributed by atoms with Crippen molar-refractivity contribution < 1.29 is 13.2 Å². The molecule has 0 unspecified atom stereocenters. The minimum Gasteiger partial charge on any atom is -0.204 e. The molecule has 174 valence electrons. The lowest BCUT2D eigenvalue weighted by Gasteiger charge is -2.38. The molecule has 0 saturated heterocycles. The van der Waals surface area contributed by atoms with E-state index in [2.05, 4.69) is 19.1 Å². The monoisotopic (exact) mass is 434 g/mol. The van der Waals surface area contributed by atoms with Gasteiger partial charge < -0.3 is 0 Å². The van der Waals surface area contributed by atoms with Crippen molar-refractivity contribution in [1.29, 1.82) is 0 Å². The van der Waals surface area contributed by atoms with Gasteiger partial charge in [0, 0.05) is 0 Å². The number of halogens is 3. The summed E-state index contributed by atoms with van der Waals surface area (Å²) in [7, 11) is 0. The Balaban J connectivity index is 1.30. The lowest BCUT2D eigenvalue weighted by Crippen LogP contribution is -2.26. The summed E-state index contributed by atoms with van der Waals surface area (Å²) in [5, 5.41) is 0. The normalized spacial score (nSPS) is 27.1. The van der Waals surface area contributed by atoms with Crippen LogP contribution in [0.1, 0.15) is 102 Å². The molecule has 1 aromatic rings. The number of hydrogen-bond donors (Lipinski definition) is 0. The molecular weight excluding hydrogens is 393 g/mol. The molecule has 2 fully saturated rings. The number of unbranched alkanes of at least 4 members (excludes halogenated alkanes) is 2. The van der Waals surface area contributed by atoms with Crippen LogP contribution in [0.25, 0.3) is 0 Å². The van der Waals surface area contributed by atoms with Crippen molar-refractivity contribution in [3.8, 4) is 0 Å². The van der Waals surface area contributed by atoms with Crippen LogP contribution in [0.3, 0.4) is 0 Å². The quantitative estimate of drug-likeness (QED) is 0.196. The van der Waals surface area contributed by atoms with Crippen molar-refractivity contribution in [1.82, 2.24) is 0 Å². The van der Waals surface area contributed by atoms with E-state index < -0.39 is 17.5 Å². The van der Waals surface area contributed by atoms with Gasteiger partial charge in [-0.2, -0.15) is 0 Å². The molecule has 0 radical (unpaired) electrons. The Bertz CT molecular complexity index is 656. The minimum atomic E-state index is -1.36. The molecule has 0 nitrogen and oxygen atoms in total. The Labute approximate surface area is 187 Å². The van der Waals surface area contributed by atoms with Crippen LogP contribution in [0.2, 0.25) is 0 Å². The average molecular weight is 435 g/mol. The highest BCUT2D eigenvalue weighted by Crippen LogP contribution is 2.43. The van der Waals surface area contributed by atoms with Gasteiger partial charge >= 0.3 is 0 Å². The van der Waals surface area contributed by atoms with Crippen LogP contribution in [-0.4, -0.2) is 0 Å². The Hall–Kier alpha value is -1.25. The first kappa shape index (κ1) is 24.4. The first-order valence-corrected chi connectivity index (χ1v) is 12.8. The molecule has 31 heavy (non-hydrogen) atoms. The van der Waals surface area contributed by atoms with E-state index in [-0.39, 0.29) is 0 Å². The summed E-state index contributed by atoms with van der Waals surface area (Å²) in [6.45, 7) is 2.19. The van der Waals surface area contributed by atoms with E-state index in [1.807, 2.05) is 0 Å². The van der Waals surface area contributed by atoms with Crippen LogP contribution >= 0.6 is 0 Å². The molecule has 0 atom stereocenters. The second-order valence-corrected chi connectivity index (χ2v) is 10.1. The summed E-state index contributed by atoms with van der Waals surface area (Å²) < 4.78 is 39.9. The average Bonchev–Trinajstić information content (AvgIpc) is 2.79. The van der Waals surface area contributed by atoms with Gasteiger partial charge in [-0.1, -0.05) is 57.6 Å². The fraction of sp³-hybridized carbons (Fsp3) is 0.714. The maximum atomic E-state index is 13.4. The standard InChI is InChI=1S/C28H41F3/c1-2-3-4-5-6-7-8-21-11-15-24(16-12-21)25-17-13-22(14-18-25)9-10-23-19-26(29)28(31)27(30)20-23/h3-4,19-22,24-25H,2,5-18H2,1H3/b4-3+/t21-,22-,24-,25-. The molecule has 3 heteroatoms. The molecule has 2 aliphatic rings. The van der Waals surface area contributed by atoms with E-state index >= 15 is 0 Å². The van der Waals surface area contributed by atoms with Gasteiger partial charge in [-0.25, -0.2) is 13.2 Å². The summed E-state index contributed by atoms with van der Waals surface area (Å²) in [6, 6.07) is 2.31. The molecule has 0 bridgehead atoms. The van der Waals surface area contributed by atoms with Gasteiger partial charge in [-0.15, -0.1) is 0 Å². The van der Waals surface area contributed by atoms with Gasteiger partial charge in [0.05, 0.1) is 0 Å². The van der Waals surface area contributed by atoms with E-state index in [4.69, 9.17) is 0 Å². The molecule has 2 aliphatic carbocycles. The number of allylic oxidation sites excluding steroid dienone is 2. The van der Waals surface area contributed by atoms with Crippen molar-refractivity contribution in [3.63, 3.8) is 0 Å². The Kier molecular flexibility index (Phi) is 9.99. The maximum Gasteiger partial charge on any atom is 0.194 e. The third-order valence-corrected chi connectivity index (χ3v) is 7.97. The van der Waals surface area contributed by atoms with Crippen LogP contribution in [0.5, 0.6) is 0 Å². The summed E-state index contributed by atoms with van der Waals surface area (Å²) in [4.78, 5) is 0. The van der Waals surface area contributed by atoms with E-state index in [9.17, 15) is 13.2 Å². The Morgan fingerprint density at radius 3 is 1.84 bits per heavy atom. The largest absolute Gasteiger partial charge is 0.204 e. The SMILES string of the molecule is CC/C=C/CCCC[C@H]1CC[C@H]([C@H]2CC[C@H](CCc3cc(F)c(F)c(F)c3)CC2)CC1. The van der Waals surface area contributed by atoms with Crippen molar-refractivity contribution >= 4 is 0 Å². The zero-order valence-corrected chi connectivity index (χ0v) is 19.4. The minimum absolute atomic E-state index is 0.582. The first-order chi connectivity index (χ1) is 15.1. The molecule has 1 aromatic carbocycles. The van der Waals surface area contributed by atoms with Crippen molar-refractivity contribution in [3.05, 3.63) is 47.3 Å². The third-order valence-electron chi connectivity index (χ3n) is 7.97. The van der Waals surface area contributed by atoms with Gasteiger partial charge in [0.2, 0.25) is 0 Å². The zero-order valence-electron chi connectivity index (χ0n) is 19.4. The smallest absolute Gasteiger partial charge is 0.194 e. The molecule has 0 N–H and O–H groups in total. The Morgan fingerprint density at radius 1 is 0.742 bits per heavy atom. The molecule has 0 heterocycles. The molecule has 0 aliphatic heterocycles. The molecule has 0 amide bonds. The predicted molar refractivity (Wildman–Crippen MR) is 123 cm³/mol. The van der Waals surface area contributed by atoms with Gasteiger partial charge in [-0.3, -0.25) is 0 Å². The van der Waals surface area contributed by atoms with E-state index in [1.165, 1.54) is 77.0 Å². The van der Waals surface area contributed by atoms with E-state index in [1.54, 1.807) is 0 Å². The number of benzene rings is 1. The lowest BCUT2D eigenvalue weighted by atomic mass is 9.68. The van der Waals surface area contributed by atoms with Crippen molar-refractivity contribution in [2.45, 2.75) is 103 Å². The van der Waals surface area contributed by atoms with Crippen LogP contribution in [0.4, 0.5) is 13.2 Å². The zero-order chi connectivity index (χ0) is 22.1. The summed E-state index contributed by atoms with van der Waals surface area (Å²) in [5.74, 6) is -0.0831. The van der Waals surface area contributed by atoms with Gasteiger partial charge in [0.1, 0.15) is 0 Å². The first-order valence-electron chi connectivity index (χ1n) is 12.8. The van der Waals surface area contributed by atoms with Gasteiger partial charge in [0.25, 0.3) is 0 Å². The lowest BCUT2D eigenvalue weighted by molar-refractivity contribution is 0.140.